The number of rotatable bonds is 5. The number of benzene rings is 1. The number of carbonyl (C=O) groups is 1. The summed E-state index contributed by atoms with van der Waals surface area (Å²) in [7, 11) is 1.79. The molecular formula is C19H28ClIN4O. The van der Waals surface area contributed by atoms with Crippen molar-refractivity contribution in [3.8, 4) is 0 Å². The Balaban J connectivity index is 0.00000243. The van der Waals surface area contributed by atoms with E-state index in [4.69, 9.17) is 11.6 Å². The first-order valence-electron chi connectivity index (χ1n) is 9.07. The molecule has 1 aliphatic heterocycles. The van der Waals surface area contributed by atoms with E-state index in [2.05, 4.69) is 27.8 Å². The molecule has 2 aliphatic rings. The van der Waals surface area contributed by atoms with Crippen LogP contribution in [0.4, 0.5) is 0 Å². The summed E-state index contributed by atoms with van der Waals surface area (Å²) < 4.78 is 0. The van der Waals surface area contributed by atoms with Crippen LogP contribution in [-0.2, 0) is 10.2 Å². The molecule has 0 aromatic heterocycles. The van der Waals surface area contributed by atoms with Gasteiger partial charge in [-0.05, 0) is 37.0 Å². The minimum absolute atomic E-state index is 0. The molecular weight excluding hydrogens is 463 g/mol. The number of hydrogen-bond acceptors (Lipinski definition) is 2. The lowest BCUT2D eigenvalue weighted by Gasteiger charge is -2.22. The highest BCUT2D eigenvalue weighted by Gasteiger charge is 2.44. The zero-order chi connectivity index (χ0) is 17.9. The topological polar surface area (TPSA) is 56.7 Å². The van der Waals surface area contributed by atoms with Gasteiger partial charge in [-0.3, -0.25) is 9.79 Å². The van der Waals surface area contributed by atoms with Crippen LogP contribution in [0.15, 0.2) is 29.3 Å². The summed E-state index contributed by atoms with van der Waals surface area (Å²) in [6.45, 7) is 4.34. The fraction of sp³-hybridized carbons (Fsp3) is 0.579. The molecule has 1 saturated heterocycles. The standard InChI is InChI=1S/C19H27ClN4O.HI/c1-3-17(25)24-10-7-16(12-24)23-18(21-2)22-13-19(8-9-19)14-5-4-6-15(20)11-14;/h4-6,11,16H,3,7-10,12-13H2,1-2H3,(H2,21,22,23);1H. The number of aliphatic imine (C=N–C) groups is 1. The van der Waals surface area contributed by atoms with Crippen molar-refractivity contribution >= 4 is 47.4 Å². The molecule has 0 spiro atoms. The highest BCUT2D eigenvalue weighted by molar-refractivity contribution is 14.0. The summed E-state index contributed by atoms with van der Waals surface area (Å²) in [5, 5.41) is 7.71. The summed E-state index contributed by atoms with van der Waals surface area (Å²) in [6, 6.07) is 8.42. The second-order valence-electron chi connectivity index (χ2n) is 7.04. The molecule has 1 heterocycles. The molecule has 0 radical (unpaired) electrons. The average molecular weight is 491 g/mol. The molecule has 1 aromatic carbocycles. The molecule has 144 valence electrons. The number of amides is 1. The van der Waals surface area contributed by atoms with E-state index in [-0.39, 0.29) is 41.3 Å². The Morgan fingerprint density at radius 3 is 2.81 bits per heavy atom. The van der Waals surface area contributed by atoms with Crippen molar-refractivity contribution in [1.82, 2.24) is 15.5 Å². The second kappa shape index (κ2) is 9.26. The third-order valence-electron chi connectivity index (χ3n) is 5.29. The Labute approximate surface area is 178 Å². The summed E-state index contributed by atoms with van der Waals surface area (Å²) in [5.74, 6) is 1.04. The maximum absolute atomic E-state index is 11.8. The monoisotopic (exact) mass is 490 g/mol. The maximum atomic E-state index is 11.8. The smallest absolute Gasteiger partial charge is 0.222 e. The van der Waals surface area contributed by atoms with Crippen LogP contribution in [-0.4, -0.2) is 49.5 Å². The first-order chi connectivity index (χ1) is 12.1. The zero-order valence-electron chi connectivity index (χ0n) is 15.4. The lowest BCUT2D eigenvalue weighted by molar-refractivity contribution is -0.129. The van der Waals surface area contributed by atoms with Crippen LogP contribution >= 0.6 is 35.6 Å². The quantitative estimate of drug-likeness (QED) is 0.379. The third kappa shape index (κ3) is 5.03. The summed E-state index contributed by atoms with van der Waals surface area (Å²) in [6.07, 6.45) is 3.87. The molecule has 26 heavy (non-hydrogen) atoms. The van der Waals surface area contributed by atoms with E-state index in [1.165, 1.54) is 18.4 Å². The van der Waals surface area contributed by atoms with Crippen molar-refractivity contribution in [1.29, 1.82) is 0 Å². The van der Waals surface area contributed by atoms with E-state index >= 15 is 0 Å². The third-order valence-corrected chi connectivity index (χ3v) is 5.53. The van der Waals surface area contributed by atoms with Gasteiger partial charge in [0.1, 0.15) is 0 Å². The Kier molecular flexibility index (Phi) is 7.58. The van der Waals surface area contributed by atoms with E-state index in [1.54, 1.807) is 7.05 Å². The second-order valence-corrected chi connectivity index (χ2v) is 7.48. The highest BCUT2D eigenvalue weighted by Crippen LogP contribution is 2.48. The maximum Gasteiger partial charge on any atom is 0.222 e. The fourth-order valence-corrected chi connectivity index (χ4v) is 3.70. The number of nitrogens with zero attached hydrogens (tertiary/aromatic N) is 2. The number of guanidine groups is 1. The van der Waals surface area contributed by atoms with Gasteiger partial charge >= 0.3 is 0 Å². The fourth-order valence-electron chi connectivity index (χ4n) is 3.51. The highest BCUT2D eigenvalue weighted by atomic mass is 127. The number of carbonyl (C=O) groups excluding carboxylic acids is 1. The Morgan fingerprint density at radius 2 is 2.19 bits per heavy atom. The van der Waals surface area contributed by atoms with E-state index in [0.29, 0.717) is 6.42 Å². The molecule has 1 amide bonds. The average Bonchev–Trinajstić information content (AvgIpc) is 3.28. The van der Waals surface area contributed by atoms with Crippen LogP contribution in [0, 0.1) is 0 Å². The van der Waals surface area contributed by atoms with Gasteiger partial charge in [0.25, 0.3) is 0 Å². The van der Waals surface area contributed by atoms with Gasteiger partial charge in [0.15, 0.2) is 5.96 Å². The molecule has 3 rings (SSSR count). The Bertz CT molecular complexity index is 663. The van der Waals surface area contributed by atoms with E-state index in [9.17, 15) is 4.79 Å². The van der Waals surface area contributed by atoms with Crippen LogP contribution < -0.4 is 10.6 Å². The normalized spacial score (nSPS) is 21.1. The zero-order valence-corrected chi connectivity index (χ0v) is 18.5. The van der Waals surface area contributed by atoms with Crippen molar-refractivity contribution in [2.45, 2.75) is 44.1 Å². The number of halogens is 2. The van der Waals surface area contributed by atoms with Gasteiger partial charge in [-0.25, -0.2) is 0 Å². The van der Waals surface area contributed by atoms with Gasteiger partial charge < -0.3 is 15.5 Å². The number of nitrogens with one attached hydrogen (secondary N) is 2. The lowest BCUT2D eigenvalue weighted by atomic mass is 9.96. The van der Waals surface area contributed by atoms with Gasteiger partial charge in [0.05, 0.1) is 0 Å². The van der Waals surface area contributed by atoms with E-state index in [1.807, 2.05) is 24.0 Å². The largest absolute Gasteiger partial charge is 0.356 e. The van der Waals surface area contributed by atoms with Gasteiger partial charge in [-0.1, -0.05) is 30.7 Å². The molecule has 1 saturated carbocycles. The molecule has 1 aliphatic carbocycles. The predicted molar refractivity (Wildman–Crippen MR) is 118 cm³/mol. The van der Waals surface area contributed by atoms with Crippen molar-refractivity contribution in [2.24, 2.45) is 4.99 Å². The van der Waals surface area contributed by atoms with Crippen LogP contribution in [0.3, 0.4) is 0 Å². The molecule has 1 atom stereocenters. The minimum Gasteiger partial charge on any atom is -0.356 e. The predicted octanol–water partition coefficient (Wildman–Crippen LogP) is 3.17. The summed E-state index contributed by atoms with van der Waals surface area (Å²) in [5.41, 5.74) is 1.46. The summed E-state index contributed by atoms with van der Waals surface area (Å²) >= 11 is 6.14. The number of hydrogen-bond donors (Lipinski definition) is 2. The Hall–Kier alpha value is -1.02. The van der Waals surface area contributed by atoms with Crippen molar-refractivity contribution in [3.05, 3.63) is 34.9 Å². The number of likely N-dealkylation sites (tertiary alicyclic amines) is 1. The van der Waals surface area contributed by atoms with E-state index < -0.39 is 0 Å². The Morgan fingerprint density at radius 1 is 1.42 bits per heavy atom. The van der Waals surface area contributed by atoms with Gasteiger partial charge in [-0.2, -0.15) is 0 Å². The first kappa shape index (κ1) is 21.3. The molecule has 1 unspecified atom stereocenters. The van der Waals surface area contributed by atoms with Crippen LogP contribution in [0.1, 0.15) is 38.2 Å². The van der Waals surface area contributed by atoms with Crippen LogP contribution in [0.5, 0.6) is 0 Å². The minimum atomic E-state index is 0. The van der Waals surface area contributed by atoms with Crippen LogP contribution in [0.25, 0.3) is 0 Å². The van der Waals surface area contributed by atoms with Gasteiger partial charge in [0, 0.05) is 49.6 Å². The first-order valence-corrected chi connectivity index (χ1v) is 9.45. The van der Waals surface area contributed by atoms with Gasteiger partial charge in [-0.15, -0.1) is 24.0 Å². The van der Waals surface area contributed by atoms with Crippen molar-refractivity contribution < 1.29 is 4.79 Å². The molecule has 1 aromatic rings. The summed E-state index contributed by atoms with van der Waals surface area (Å²) in [4.78, 5) is 18.1. The SMILES string of the molecule is CCC(=O)N1CCC(NC(=NC)NCC2(c3cccc(Cl)c3)CC2)C1.I. The molecule has 2 N–H and O–H groups in total. The van der Waals surface area contributed by atoms with Crippen molar-refractivity contribution in [3.63, 3.8) is 0 Å². The van der Waals surface area contributed by atoms with E-state index in [0.717, 1.165) is 37.0 Å². The lowest BCUT2D eigenvalue weighted by Crippen LogP contribution is -2.47. The molecule has 5 nitrogen and oxygen atoms in total. The molecule has 2 fully saturated rings. The van der Waals surface area contributed by atoms with Crippen LogP contribution in [0.2, 0.25) is 5.02 Å². The van der Waals surface area contributed by atoms with Gasteiger partial charge in [0.2, 0.25) is 5.91 Å². The molecule has 7 heteroatoms. The molecule has 0 bridgehead atoms. The van der Waals surface area contributed by atoms with Crippen molar-refractivity contribution in [2.75, 3.05) is 26.7 Å².